The molecule has 2 atom stereocenters. The van der Waals surface area contributed by atoms with Crippen molar-refractivity contribution in [1.82, 2.24) is 0 Å². The minimum Gasteiger partial charge on any atom is -0.263 e. The van der Waals surface area contributed by atoms with Gasteiger partial charge in [0.25, 0.3) is 10.1 Å². The first-order valence-corrected chi connectivity index (χ1v) is 6.99. The van der Waals surface area contributed by atoms with E-state index in [1.807, 2.05) is 6.92 Å². The van der Waals surface area contributed by atoms with Crippen molar-refractivity contribution in [3.63, 3.8) is 0 Å². The lowest BCUT2D eigenvalue weighted by Gasteiger charge is -2.15. The van der Waals surface area contributed by atoms with Crippen LogP contribution in [0.1, 0.15) is 26.2 Å². The predicted octanol–water partition coefficient (Wildman–Crippen LogP) is 2.58. The second-order valence-corrected chi connectivity index (χ2v) is 5.88. The maximum atomic E-state index is 11.9. The van der Waals surface area contributed by atoms with Gasteiger partial charge in [0.15, 0.2) is 0 Å². The largest absolute Gasteiger partial charge is 0.297 e. The molecule has 0 aromatic heterocycles. The second-order valence-electron chi connectivity index (χ2n) is 4.31. The van der Waals surface area contributed by atoms with Gasteiger partial charge in [0.2, 0.25) is 0 Å². The Hall–Kier alpha value is -0.870. The first-order chi connectivity index (χ1) is 7.59. The summed E-state index contributed by atoms with van der Waals surface area (Å²) in [5, 5.41) is 0. The van der Waals surface area contributed by atoms with Crippen molar-refractivity contribution in [2.75, 3.05) is 0 Å². The van der Waals surface area contributed by atoms with Crippen LogP contribution in [0.25, 0.3) is 0 Å². The molecule has 2 unspecified atom stereocenters. The highest BCUT2D eigenvalue weighted by Gasteiger charge is 2.29. The zero-order valence-electron chi connectivity index (χ0n) is 9.30. The highest BCUT2D eigenvalue weighted by molar-refractivity contribution is 7.86. The fourth-order valence-corrected chi connectivity index (χ4v) is 3.27. The van der Waals surface area contributed by atoms with Gasteiger partial charge in [0, 0.05) is 0 Å². The summed E-state index contributed by atoms with van der Waals surface area (Å²) in [6, 6.07) is 8.32. The molecule has 0 saturated heterocycles. The molecule has 2 rings (SSSR count). The molecule has 88 valence electrons. The molecule has 0 amide bonds. The zero-order valence-corrected chi connectivity index (χ0v) is 10.1. The van der Waals surface area contributed by atoms with Gasteiger partial charge in [-0.25, -0.2) is 0 Å². The zero-order chi connectivity index (χ0) is 11.6. The van der Waals surface area contributed by atoms with Crippen LogP contribution >= 0.6 is 0 Å². The standard InChI is InChI=1S/C12H16O3S/c1-10-6-5-9-12(10)15-16(13,14)11-7-3-2-4-8-11/h2-4,7-8,10,12H,5-6,9H2,1H3. The van der Waals surface area contributed by atoms with Crippen molar-refractivity contribution >= 4 is 10.1 Å². The number of benzene rings is 1. The van der Waals surface area contributed by atoms with Gasteiger partial charge < -0.3 is 0 Å². The topological polar surface area (TPSA) is 43.4 Å². The van der Waals surface area contributed by atoms with Crippen LogP contribution < -0.4 is 0 Å². The van der Waals surface area contributed by atoms with Crippen molar-refractivity contribution in [3.8, 4) is 0 Å². The minimum absolute atomic E-state index is 0.148. The first kappa shape index (κ1) is 11.6. The summed E-state index contributed by atoms with van der Waals surface area (Å²) in [5.41, 5.74) is 0. The molecule has 0 bridgehead atoms. The van der Waals surface area contributed by atoms with E-state index in [1.165, 1.54) is 0 Å². The fraction of sp³-hybridized carbons (Fsp3) is 0.500. The van der Waals surface area contributed by atoms with E-state index in [2.05, 4.69) is 0 Å². The summed E-state index contributed by atoms with van der Waals surface area (Å²) in [5.74, 6) is 0.332. The van der Waals surface area contributed by atoms with Crippen molar-refractivity contribution in [1.29, 1.82) is 0 Å². The summed E-state index contributed by atoms with van der Waals surface area (Å²) in [6.07, 6.45) is 2.79. The molecule has 1 aliphatic carbocycles. The predicted molar refractivity (Wildman–Crippen MR) is 61.5 cm³/mol. The van der Waals surface area contributed by atoms with E-state index in [-0.39, 0.29) is 11.0 Å². The third-order valence-electron chi connectivity index (χ3n) is 3.06. The van der Waals surface area contributed by atoms with E-state index in [0.717, 1.165) is 19.3 Å². The molecule has 0 radical (unpaired) electrons. The molecule has 1 aliphatic rings. The molecule has 16 heavy (non-hydrogen) atoms. The lowest BCUT2D eigenvalue weighted by Crippen LogP contribution is -2.20. The maximum Gasteiger partial charge on any atom is 0.297 e. The molecule has 1 saturated carbocycles. The Bertz CT molecular complexity index is 439. The lowest BCUT2D eigenvalue weighted by molar-refractivity contribution is 0.175. The summed E-state index contributed by atoms with van der Waals surface area (Å²) in [6.45, 7) is 2.04. The lowest BCUT2D eigenvalue weighted by atomic mass is 10.1. The maximum absolute atomic E-state index is 11.9. The summed E-state index contributed by atoms with van der Waals surface area (Å²) >= 11 is 0. The molecule has 0 spiro atoms. The van der Waals surface area contributed by atoms with Crippen LogP contribution in [0.3, 0.4) is 0 Å². The van der Waals surface area contributed by atoms with Crippen LogP contribution in [0.15, 0.2) is 35.2 Å². The Morgan fingerprint density at radius 1 is 1.19 bits per heavy atom. The van der Waals surface area contributed by atoms with Gasteiger partial charge in [-0.1, -0.05) is 31.5 Å². The fourth-order valence-electron chi connectivity index (χ4n) is 2.06. The first-order valence-electron chi connectivity index (χ1n) is 5.58. The number of hydrogen-bond donors (Lipinski definition) is 0. The molecule has 1 fully saturated rings. The molecule has 4 heteroatoms. The number of hydrogen-bond acceptors (Lipinski definition) is 3. The smallest absolute Gasteiger partial charge is 0.263 e. The van der Waals surface area contributed by atoms with Crippen molar-refractivity contribution < 1.29 is 12.6 Å². The van der Waals surface area contributed by atoms with Gasteiger partial charge in [-0.15, -0.1) is 0 Å². The average molecular weight is 240 g/mol. The Balaban J connectivity index is 2.15. The quantitative estimate of drug-likeness (QED) is 0.763. The van der Waals surface area contributed by atoms with Gasteiger partial charge >= 0.3 is 0 Å². The molecular formula is C12H16O3S. The van der Waals surface area contributed by atoms with E-state index in [0.29, 0.717) is 5.92 Å². The molecule has 1 aromatic rings. The van der Waals surface area contributed by atoms with Gasteiger partial charge in [-0.3, -0.25) is 4.18 Å². The van der Waals surface area contributed by atoms with Crippen LogP contribution in [0.4, 0.5) is 0 Å². The third kappa shape index (κ3) is 2.44. The summed E-state index contributed by atoms with van der Waals surface area (Å²) < 4.78 is 29.1. The Morgan fingerprint density at radius 2 is 1.88 bits per heavy atom. The molecule has 3 nitrogen and oxygen atoms in total. The minimum atomic E-state index is -3.58. The van der Waals surface area contributed by atoms with Crippen LogP contribution in [0.2, 0.25) is 0 Å². The van der Waals surface area contributed by atoms with E-state index in [9.17, 15) is 8.42 Å². The Morgan fingerprint density at radius 3 is 2.44 bits per heavy atom. The molecular weight excluding hydrogens is 224 g/mol. The highest BCUT2D eigenvalue weighted by atomic mass is 32.2. The molecule has 1 aromatic carbocycles. The number of rotatable bonds is 3. The molecule has 0 aliphatic heterocycles. The van der Waals surface area contributed by atoms with Crippen LogP contribution in [-0.4, -0.2) is 14.5 Å². The Labute approximate surface area is 96.6 Å². The average Bonchev–Trinajstić information content (AvgIpc) is 2.65. The van der Waals surface area contributed by atoms with Crippen LogP contribution in [0.5, 0.6) is 0 Å². The van der Waals surface area contributed by atoms with Crippen molar-refractivity contribution in [2.45, 2.75) is 37.2 Å². The van der Waals surface area contributed by atoms with Gasteiger partial charge in [-0.2, -0.15) is 8.42 Å². The van der Waals surface area contributed by atoms with Gasteiger partial charge in [-0.05, 0) is 30.9 Å². The highest BCUT2D eigenvalue weighted by Crippen LogP contribution is 2.30. The summed E-state index contributed by atoms with van der Waals surface area (Å²) in [4.78, 5) is 0.245. The Kier molecular flexibility index (Phi) is 3.30. The van der Waals surface area contributed by atoms with E-state index >= 15 is 0 Å². The van der Waals surface area contributed by atoms with Gasteiger partial charge in [0.05, 0.1) is 11.0 Å². The normalized spacial score (nSPS) is 25.8. The molecule has 0 heterocycles. The molecule has 0 N–H and O–H groups in total. The van der Waals surface area contributed by atoms with Crippen LogP contribution in [0, 0.1) is 5.92 Å². The SMILES string of the molecule is CC1CCCC1OS(=O)(=O)c1ccccc1. The second kappa shape index (κ2) is 4.55. The third-order valence-corrected chi connectivity index (χ3v) is 4.42. The van der Waals surface area contributed by atoms with E-state index < -0.39 is 10.1 Å². The van der Waals surface area contributed by atoms with Crippen molar-refractivity contribution in [3.05, 3.63) is 30.3 Å². The van der Waals surface area contributed by atoms with E-state index in [1.54, 1.807) is 30.3 Å². The van der Waals surface area contributed by atoms with Gasteiger partial charge in [0.1, 0.15) is 0 Å². The van der Waals surface area contributed by atoms with E-state index in [4.69, 9.17) is 4.18 Å². The van der Waals surface area contributed by atoms with Crippen molar-refractivity contribution in [2.24, 2.45) is 5.92 Å². The van der Waals surface area contributed by atoms with Crippen LogP contribution in [-0.2, 0) is 14.3 Å². The summed E-state index contributed by atoms with van der Waals surface area (Å²) in [7, 11) is -3.58. The monoisotopic (exact) mass is 240 g/mol.